The van der Waals surface area contributed by atoms with Crippen LogP contribution in [-0.4, -0.2) is 9.72 Å². The highest BCUT2D eigenvalue weighted by Crippen LogP contribution is 2.18. The molecule has 5 heteroatoms. The third-order valence-corrected chi connectivity index (χ3v) is 2.16. The van der Waals surface area contributed by atoms with Crippen molar-refractivity contribution in [3.63, 3.8) is 0 Å². The molecule has 1 heterocycles. The lowest BCUT2D eigenvalue weighted by Crippen LogP contribution is -2.23. The van der Waals surface area contributed by atoms with Crippen LogP contribution in [0.3, 0.4) is 0 Å². The maximum atomic E-state index is 11.0. The average Bonchev–Trinajstić information content (AvgIpc) is 2.29. The summed E-state index contributed by atoms with van der Waals surface area (Å²) in [6.45, 7) is 5.98. The Hall–Kier alpha value is -0.330. The van der Waals surface area contributed by atoms with E-state index in [9.17, 15) is 4.79 Å². The van der Waals surface area contributed by atoms with Crippen LogP contribution in [0.5, 0.6) is 0 Å². The van der Waals surface area contributed by atoms with Crippen molar-refractivity contribution in [2.75, 3.05) is 0 Å². The van der Waals surface area contributed by atoms with E-state index >= 15 is 0 Å². The number of nitrogens with zero attached hydrogens (tertiary/aromatic N) is 2. The van der Waals surface area contributed by atoms with Gasteiger partial charge in [-0.1, -0.05) is 48.5 Å². The first kappa shape index (κ1) is 9.76. The quantitative estimate of drug-likeness (QED) is 0.579. The molecule has 12 heavy (non-hydrogen) atoms. The summed E-state index contributed by atoms with van der Waals surface area (Å²) in [5.41, 5.74) is -0.142. The van der Waals surface area contributed by atoms with E-state index in [1.165, 1.54) is 4.57 Å². The fourth-order valence-corrected chi connectivity index (χ4v) is 1.52. The molecule has 0 aromatic carbocycles. The van der Waals surface area contributed by atoms with Crippen molar-refractivity contribution in [1.82, 2.24) is 9.72 Å². The Morgan fingerprint density at radius 1 is 1.58 bits per heavy atom. The van der Waals surface area contributed by atoms with E-state index in [2.05, 4.69) is 32.3 Å². The highest BCUT2D eigenvalue weighted by atomic mass is 127. The van der Waals surface area contributed by atoms with Crippen molar-refractivity contribution in [2.24, 2.45) is 0 Å². The molecule has 0 radical (unpaired) electrons. The Balaban J connectivity index is 3.26. The van der Waals surface area contributed by atoms with Crippen LogP contribution in [0, 0.1) is 0 Å². The molecular formula is C7H11IN2O2. The number of rotatable bonds is 1. The van der Waals surface area contributed by atoms with Crippen LogP contribution in [0.15, 0.2) is 9.32 Å². The van der Waals surface area contributed by atoms with E-state index < -0.39 is 0 Å². The van der Waals surface area contributed by atoms with Crippen molar-refractivity contribution in [3.05, 3.63) is 16.4 Å². The number of hydrogen-bond donors (Lipinski definition) is 0. The maximum Gasteiger partial charge on any atom is 0.442 e. The molecular weight excluding hydrogens is 271 g/mol. The Labute approximate surface area is 84.1 Å². The van der Waals surface area contributed by atoms with E-state index in [1.54, 1.807) is 0 Å². The average molecular weight is 282 g/mol. The molecule has 1 aromatic rings. The van der Waals surface area contributed by atoms with Crippen LogP contribution >= 0.6 is 22.6 Å². The molecule has 0 bridgehead atoms. The smallest absolute Gasteiger partial charge is 0.296 e. The molecule has 0 N–H and O–H groups in total. The summed E-state index contributed by atoms with van der Waals surface area (Å²) < 4.78 is 6.67. The summed E-state index contributed by atoms with van der Waals surface area (Å²) in [5.74, 6) is 0.316. The minimum atomic E-state index is -0.380. The summed E-state index contributed by atoms with van der Waals surface area (Å²) in [6.07, 6.45) is 0. The van der Waals surface area contributed by atoms with Crippen molar-refractivity contribution in [1.29, 1.82) is 0 Å². The summed E-state index contributed by atoms with van der Waals surface area (Å²) in [4.78, 5) is 11.0. The number of alkyl halides is 1. The second kappa shape index (κ2) is 3.20. The van der Waals surface area contributed by atoms with Crippen molar-refractivity contribution in [3.8, 4) is 0 Å². The van der Waals surface area contributed by atoms with Gasteiger partial charge >= 0.3 is 5.76 Å². The first-order valence-corrected chi connectivity index (χ1v) is 5.12. The largest absolute Gasteiger partial charge is 0.442 e. The van der Waals surface area contributed by atoms with Gasteiger partial charge in [0.15, 0.2) is 5.82 Å². The van der Waals surface area contributed by atoms with Gasteiger partial charge in [0, 0.05) is 5.41 Å². The molecule has 0 atom stereocenters. The predicted molar refractivity (Wildman–Crippen MR) is 53.5 cm³/mol. The molecule has 1 aromatic heterocycles. The minimum Gasteiger partial charge on any atom is -0.296 e. The zero-order valence-electron chi connectivity index (χ0n) is 7.30. The fraction of sp³-hybridized carbons (Fsp3) is 0.714. The van der Waals surface area contributed by atoms with Crippen LogP contribution < -0.4 is 5.76 Å². The van der Waals surface area contributed by atoms with E-state index in [4.69, 9.17) is 0 Å². The maximum absolute atomic E-state index is 11.0. The number of halogens is 1. The molecule has 0 aliphatic rings. The predicted octanol–water partition coefficient (Wildman–Crippen LogP) is 1.53. The highest BCUT2D eigenvalue weighted by Gasteiger charge is 2.23. The molecule has 0 saturated heterocycles. The van der Waals surface area contributed by atoms with E-state index in [-0.39, 0.29) is 11.2 Å². The standard InChI is InChI=1S/C7H11IN2O2/c1-7(2,3)5-9-12-6(11)10(5)4-8/h4H2,1-3H3. The van der Waals surface area contributed by atoms with Gasteiger partial charge in [0.05, 0.1) is 4.55 Å². The van der Waals surface area contributed by atoms with Crippen LogP contribution in [-0.2, 0) is 9.97 Å². The van der Waals surface area contributed by atoms with Gasteiger partial charge in [0.25, 0.3) is 0 Å². The summed E-state index contributed by atoms with van der Waals surface area (Å²) in [5, 5.41) is 3.73. The molecule has 0 spiro atoms. The Kier molecular flexibility index (Phi) is 2.60. The lowest BCUT2D eigenvalue weighted by Gasteiger charge is -2.15. The van der Waals surface area contributed by atoms with E-state index in [0.717, 1.165) is 0 Å². The zero-order chi connectivity index (χ0) is 9.35. The second-order valence-electron chi connectivity index (χ2n) is 3.57. The Bertz CT molecular complexity index is 321. The Morgan fingerprint density at radius 2 is 2.17 bits per heavy atom. The number of hydrogen-bond acceptors (Lipinski definition) is 3. The van der Waals surface area contributed by atoms with Crippen LogP contribution in [0.1, 0.15) is 26.6 Å². The van der Waals surface area contributed by atoms with Gasteiger partial charge < -0.3 is 0 Å². The summed E-state index contributed by atoms with van der Waals surface area (Å²) >= 11 is 2.10. The molecule has 0 aliphatic heterocycles. The molecule has 0 fully saturated rings. The van der Waals surface area contributed by atoms with Crippen LogP contribution in [0.4, 0.5) is 0 Å². The van der Waals surface area contributed by atoms with Crippen LogP contribution in [0.25, 0.3) is 0 Å². The van der Waals surface area contributed by atoms with E-state index in [0.29, 0.717) is 10.4 Å². The van der Waals surface area contributed by atoms with Gasteiger partial charge in [0.2, 0.25) is 0 Å². The van der Waals surface area contributed by atoms with Crippen molar-refractivity contribution >= 4 is 22.6 Å². The third-order valence-electron chi connectivity index (χ3n) is 1.48. The summed E-state index contributed by atoms with van der Waals surface area (Å²) in [6, 6.07) is 0. The normalized spacial score (nSPS) is 12.0. The van der Waals surface area contributed by atoms with Crippen molar-refractivity contribution < 1.29 is 4.52 Å². The van der Waals surface area contributed by atoms with Gasteiger partial charge in [-0.3, -0.25) is 9.09 Å². The minimum absolute atomic E-state index is 0.142. The number of aromatic nitrogens is 2. The van der Waals surface area contributed by atoms with Crippen molar-refractivity contribution in [2.45, 2.75) is 30.7 Å². The first-order chi connectivity index (χ1) is 5.46. The van der Waals surface area contributed by atoms with Gasteiger partial charge in [-0.15, -0.1) is 0 Å². The summed E-state index contributed by atoms with van der Waals surface area (Å²) in [7, 11) is 0. The van der Waals surface area contributed by atoms with E-state index in [1.807, 2.05) is 20.8 Å². The monoisotopic (exact) mass is 282 g/mol. The molecule has 4 nitrogen and oxygen atoms in total. The van der Waals surface area contributed by atoms with Gasteiger partial charge in [-0.05, 0) is 0 Å². The lowest BCUT2D eigenvalue weighted by molar-refractivity contribution is 0.367. The molecule has 1 rings (SSSR count). The SMILES string of the molecule is CC(C)(C)c1noc(=O)n1CI. The van der Waals surface area contributed by atoms with Crippen LogP contribution in [0.2, 0.25) is 0 Å². The third kappa shape index (κ3) is 1.70. The second-order valence-corrected chi connectivity index (χ2v) is 4.25. The highest BCUT2D eigenvalue weighted by molar-refractivity contribution is 14.1. The van der Waals surface area contributed by atoms with Gasteiger partial charge in [-0.2, -0.15) is 0 Å². The van der Waals surface area contributed by atoms with Gasteiger partial charge in [-0.25, -0.2) is 4.79 Å². The molecule has 0 saturated carbocycles. The fourth-order valence-electron chi connectivity index (χ4n) is 0.915. The topological polar surface area (TPSA) is 48.0 Å². The molecule has 0 amide bonds. The molecule has 68 valence electrons. The van der Waals surface area contributed by atoms with Gasteiger partial charge in [0.1, 0.15) is 0 Å². The molecule has 0 aliphatic carbocycles. The lowest BCUT2D eigenvalue weighted by atomic mass is 9.96. The molecule has 0 unspecified atom stereocenters. The first-order valence-electron chi connectivity index (χ1n) is 3.60. The zero-order valence-corrected chi connectivity index (χ0v) is 9.45. The Morgan fingerprint density at radius 3 is 2.50 bits per heavy atom.